The number of aryl methyl sites for hydroxylation is 1. The van der Waals surface area contributed by atoms with Gasteiger partial charge in [-0.25, -0.2) is 0 Å². The number of hydrogen-bond donors (Lipinski definition) is 1. The first-order valence-electron chi connectivity index (χ1n) is 4.45. The van der Waals surface area contributed by atoms with Crippen LogP contribution >= 0.6 is 0 Å². The zero-order valence-electron chi connectivity index (χ0n) is 8.71. The predicted octanol–water partition coefficient (Wildman–Crippen LogP) is 1.06. The van der Waals surface area contributed by atoms with Gasteiger partial charge in [0.1, 0.15) is 5.03 Å². The molecule has 0 aliphatic heterocycles. The summed E-state index contributed by atoms with van der Waals surface area (Å²) in [6.45, 7) is 0.751. The molecule has 0 aliphatic carbocycles. The molecule has 1 unspecified atom stereocenters. The largest absolute Gasteiger partial charge is 0.435 e. The number of rotatable bonds is 3. The summed E-state index contributed by atoms with van der Waals surface area (Å²) < 4.78 is 50.0. The molecular weight excluding hydrogens is 245 g/mol. The van der Waals surface area contributed by atoms with Gasteiger partial charge in [-0.1, -0.05) is 6.92 Å². The van der Waals surface area contributed by atoms with E-state index in [-0.39, 0.29) is 10.8 Å². The molecule has 0 saturated carbocycles. The maximum Gasteiger partial charge on any atom is 0.435 e. The number of aliphatic hydroxyl groups excluding tert-OH is 1. The Hall–Kier alpha value is -0.890. The van der Waals surface area contributed by atoms with E-state index in [1.165, 1.54) is 7.05 Å². The van der Waals surface area contributed by atoms with E-state index in [9.17, 15) is 17.4 Å². The second-order valence-corrected chi connectivity index (χ2v) is 4.70. The molecule has 8 heteroatoms. The average molecular weight is 256 g/mol. The maximum absolute atomic E-state index is 12.5. The minimum Gasteiger partial charge on any atom is -0.391 e. The van der Waals surface area contributed by atoms with E-state index < -0.39 is 34.8 Å². The van der Waals surface area contributed by atoms with E-state index in [2.05, 4.69) is 5.10 Å². The number of hydrogen-bond acceptors (Lipinski definition) is 3. The lowest BCUT2D eigenvalue weighted by Gasteiger charge is -2.05. The van der Waals surface area contributed by atoms with Crippen LogP contribution in [0.4, 0.5) is 13.2 Å². The highest BCUT2D eigenvalue weighted by atomic mass is 32.2. The molecule has 0 fully saturated rings. The van der Waals surface area contributed by atoms with Crippen LogP contribution in [0.3, 0.4) is 0 Å². The summed E-state index contributed by atoms with van der Waals surface area (Å²) in [5.74, 6) is 0.170. The predicted molar refractivity (Wildman–Crippen MR) is 51.1 cm³/mol. The Labute approximate surface area is 92.5 Å². The summed E-state index contributed by atoms with van der Waals surface area (Å²) in [7, 11) is -0.312. The lowest BCUT2D eigenvalue weighted by atomic mass is 10.2. The van der Waals surface area contributed by atoms with Crippen molar-refractivity contribution in [2.45, 2.75) is 24.7 Å². The van der Waals surface area contributed by atoms with Gasteiger partial charge in [-0.05, 0) is 0 Å². The highest BCUT2D eigenvalue weighted by Gasteiger charge is 2.39. The fourth-order valence-electron chi connectivity index (χ4n) is 1.34. The van der Waals surface area contributed by atoms with E-state index in [4.69, 9.17) is 5.11 Å². The third-order valence-electron chi connectivity index (χ3n) is 1.99. The third-order valence-corrected chi connectivity index (χ3v) is 3.46. The van der Waals surface area contributed by atoms with Crippen molar-refractivity contribution < 1.29 is 22.5 Å². The summed E-state index contributed by atoms with van der Waals surface area (Å²) in [4.78, 5) is 0. The van der Waals surface area contributed by atoms with Gasteiger partial charge >= 0.3 is 6.18 Å². The molecule has 0 spiro atoms. The lowest BCUT2D eigenvalue weighted by Crippen LogP contribution is -2.09. The first-order valence-corrected chi connectivity index (χ1v) is 5.77. The van der Waals surface area contributed by atoms with Crippen LogP contribution < -0.4 is 0 Å². The Morgan fingerprint density at radius 2 is 2.06 bits per heavy atom. The van der Waals surface area contributed by atoms with Gasteiger partial charge in [-0.15, -0.1) is 0 Å². The van der Waals surface area contributed by atoms with E-state index in [0.717, 1.165) is 4.68 Å². The van der Waals surface area contributed by atoms with E-state index in [1.54, 1.807) is 6.92 Å². The summed E-state index contributed by atoms with van der Waals surface area (Å²) in [6.07, 6.45) is -4.65. The van der Waals surface area contributed by atoms with Crippen LogP contribution in [-0.4, -0.2) is 24.8 Å². The van der Waals surface area contributed by atoms with Crippen molar-refractivity contribution in [3.05, 3.63) is 11.3 Å². The lowest BCUT2D eigenvalue weighted by molar-refractivity contribution is -0.142. The van der Waals surface area contributed by atoms with Crippen molar-refractivity contribution in [2.24, 2.45) is 7.05 Å². The summed E-state index contributed by atoms with van der Waals surface area (Å²) >= 11 is 0. The molecule has 1 rings (SSSR count). The number of aromatic nitrogens is 2. The average Bonchev–Trinajstić information content (AvgIpc) is 2.53. The molecule has 1 aromatic heterocycles. The Morgan fingerprint density at radius 1 is 1.50 bits per heavy atom. The molecule has 1 heterocycles. The zero-order valence-corrected chi connectivity index (χ0v) is 9.52. The van der Waals surface area contributed by atoms with Crippen molar-refractivity contribution >= 4 is 10.8 Å². The fourth-order valence-corrected chi connectivity index (χ4v) is 2.39. The normalized spacial score (nSPS) is 14.1. The quantitative estimate of drug-likeness (QED) is 0.879. The number of nitrogens with zero attached hydrogens (tertiary/aromatic N) is 2. The summed E-state index contributed by atoms with van der Waals surface area (Å²) in [5.41, 5.74) is -1.58. The van der Waals surface area contributed by atoms with Crippen LogP contribution in [0.1, 0.15) is 18.2 Å². The molecule has 92 valence electrons. The molecular formula is C8H11F3N2O2S. The van der Waals surface area contributed by atoms with E-state index in [0.29, 0.717) is 0 Å². The van der Waals surface area contributed by atoms with Crippen LogP contribution in [0.2, 0.25) is 0 Å². The molecule has 0 aliphatic rings. The van der Waals surface area contributed by atoms with Gasteiger partial charge in [0.2, 0.25) is 0 Å². The van der Waals surface area contributed by atoms with Gasteiger partial charge in [0.15, 0.2) is 5.69 Å². The van der Waals surface area contributed by atoms with Crippen LogP contribution in [0, 0.1) is 0 Å². The molecule has 0 saturated heterocycles. The van der Waals surface area contributed by atoms with Crippen molar-refractivity contribution in [1.82, 2.24) is 9.78 Å². The van der Waals surface area contributed by atoms with Crippen molar-refractivity contribution in [3.63, 3.8) is 0 Å². The van der Waals surface area contributed by atoms with Gasteiger partial charge in [0.25, 0.3) is 0 Å². The second-order valence-electron chi connectivity index (χ2n) is 3.05. The van der Waals surface area contributed by atoms with Crippen molar-refractivity contribution in [2.75, 3.05) is 5.75 Å². The van der Waals surface area contributed by atoms with Gasteiger partial charge in [0, 0.05) is 18.4 Å². The third kappa shape index (κ3) is 2.27. The molecule has 0 aromatic carbocycles. The zero-order chi connectivity index (χ0) is 12.5. The Bertz CT molecular complexity index is 414. The fraction of sp³-hybridized carbons (Fsp3) is 0.625. The molecule has 0 amide bonds. The molecule has 4 nitrogen and oxygen atoms in total. The maximum atomic E-state index is 12.5. The minimum absolute atomic E-state index is 0.0719. The van der Waals surface area contributed by atoms with Crippen LogP contribution in [0.15, 0.2) is 5.03 Å². The van der Waals surface area contributed by atoms with Gasteiger partial charge in [-0.3, -0.25) is 8.89 Å². The number of halogens is 3. The summed E-state index contributed by atoms with van der Waals surface area (Å²) in [5, 5.41) is 12.1. The Morgan fingerprint density at radius 3 is 2.44 bits per heavy atom. The Balaban J connectivity index is 3.41. The molecule has 1 aromatic rings. The highest BCUT2D eigenvalue weighted by Crippen LogP contribution is 2.33. The first-order chi connectivity index (χ1) is 7.32. The topological polar surface area (TPSA) is 55.1 Å². The molecule has 1 atom stereocenters. The number of aliphatic hydroxyl groups is 1. The van der Waals surface area contributed by atoms with Gasteiger partial charge in [-0.2, -0.15) is 18.3 Å². The van der Waals surface area contributed by atoms with Gasteiger partial charge < -0.3 is 5.11 Å². The molecule has 0 radical (unpaired) electrons. The van der Waals surface area contributed by atoms with Crippen LogP contribution in [-0.2, 0) is 30.6 Å². The molecule has 1 N–H and O–H groups in total. The first kappa shape index (κ1) is 13.2. The monoisotopic (exact) mass is 256 g/mol. The standard InChI is InChI=1S/C8H11F3N2O2S/c1-3-16(15)7-5(4-14)6(8(9,10)11)12-13(7)2/h14H,3-4H2,1-2H3. The highest BCUT2D eigenvalue weighted by molar-refractivity contribution is 7.85. The smallest absolute Gasteiger partial charge is 0.391 e. The molecule has 16 heavy (non-hydrogen) atoms. The van der Waals surface area contributed by atoms with Crippen molar-refractivity contribution in [3.8, 4) is 0 Å². The van der Waals surface area contributed by atoms with Gasteiger partial charge in [0.05, 0.1) is 17.4 Å². The SMILES string of the molecule is CCS(=O)c1c(CO)c(C(F)(F)F)nn1C. The Kier molecular flexibility index (Phi) is 3.74. The molecule has 0 bridgehead atoms. The van der Waals surface area contributed by atoms with Crippen molar-refractivity contribution in [1.29, 1.82) is 0 Å². The van der Waals surface area contributed by atoms with Crippen LogP contribution in [0.5, 0.6) is 0 Å². The second kappa shape index (κ2) is 4.54. The van der Waals surface area contributed by atoms with E-state index >= 15 is 0 Å². The summed E-state index contributed by atoms with van der Waals surface area (Å²) in [6, 6.07) is 0. The number of alkyl halides is 3. The minimum atomic E-state index is -4.65. The van der Waals surface area contributed by atoms with Crippen LogP contribution in [0.25, 0.3) is 0 Å². The van der Waals surface area contributed by atoms with E-state index in [1.807, 2.05) is 0 Å².